The number of ketones is 1. The van der Waals surface area contributed by atoms with Gasteiger partial charge >= 0.3 is 0 Å². The number of carbonyl (C=O) groups is 1. The summed E-state index contributed by atoms with van der Waals surface area (Å²) in [6.45, 7) is 2.15. The van der Waals surface area contributed by atoms with Crippen LogP contribution >= 0.6 is 0 Å². The molecule has 3 rings (SSSR count). The third kappa shape index (κ3) is 0.933. The van der Waals surface area contributed by atoms with E-state index in [9.17, 15) is 4.79 Å². The number of fused-ring (bicyclic) bond motifs is 1. The quantitative estimate of drug-likeness (QED) is 0.536. The zero-order chi connectivity index (χ0) is 9.81. The van der Waals surface area contributed by atoms with Crippen molar-refractivity contribution in [3.05, 3.63) is 11.6 Å². The SMILES string of the molecule is C[C@]12C=C3CCCC[C@@]3(CCC1=O)C2. The van der Waals surface area contributed by atoms with Crippen LogP contribution < -0.4 is 0 Å². The summed E-state index contributed by atoms with van der Waals surface area (Å²) in [6, 6.07) is 0. The summed E-state index contributed by atoms with van der Waals surface area (Å²) in [5, 5.41) is 0. The van der Waals surface area contributed by atoms with E-state index in [1.807, 2.05) is 0 Å². The minimum absolute atomic E-state index is 0.0715. The van der Waals surface area contributed by atoms with Crippen molar-refractivity contribution < 1.29 is 4.79 Å². The summed E-state index contributed by atoms with van der Waals surface area (Å²) in [4.78, 5) is 11.9. The molecule has 0 N–H and O–H groups in total. The van der Waals surface area contributed by atoms with Gasteiger partial charge in [0.1, 0.15) is 5.78 Å². The van der Waals surface area contributed by atoms with Crippen molar-refractivity contribution in [1.82, 2.24) is 0 Å². The maximum Gasteiger partial charge on any atom is 0.142 e. The Bertz CT molecular complexity index is 328. The van der Waals surface area contributed by atoms with Gasteiger partial charge in [-0.15, -0.1) is 0 Å². The average molecular weight is 190 g/mol. The lowest BCUT2D eigenvalue weighted by Gasteiger charge is -2.41. The molecule has 1 heteroatoms. The average Bonchev–Trinajstić information content (AvgIpc) is 2.42. The monoisotopic (exact) mass is 190 g/mol. The largest absolute Gasteiger partial charge is 0.299 e. The molecule has 0 saturated heterocycles. The lowest BCUT2D eigenvalue weighted by atomic mass is 9.62. The van der Waals surface area contributed by atoms with Crippen LogP contribution in [0.2, 0.25) is 0 Å². The Hall–Kier alpha value is -0.590. The van der Waals surface area contributed by atoms with E-state index in [-0.39, 0.29) is 5.41 Å². The zero-order valence-corrected chi connectivity index (χ0v) is 8.94. The highest BCUT2D eigenvalue weighted by molar-refractivity contribution is 5.88. The van der Waals surface area contributed by atoms with Crippen LogP contribution in [-0.4, -0.2) is 5.78 Å². The summed E-state index contributed by atoms with van der Waals surface area (Å²) in [7, 11) is 0. The van der Waals surface area contributed by atoms with Gasteiger partial charge < -0.3 is 0 Å². The first-order chi connectivity index (χ1) is 6.65. The number of hydrogen-bond donors (Lipinski definition) is 0. The van der Waals surface area contributed by atoms with Crippen molar-refractivity contribution in [3.63, 3.8) is 0 Å². The number of hydrogen-bond acceptors (Lipinski definition) is 1. The molecule has 14 heavy (non-hydrogen) atoms. The van der Waals surface area contributed by atoms with Gasteiger partial charge in [-0.2, -0.15) is 0 Å². The van der Waals surface area contributed by atoms with Gasteiger partial charge in [0, 0.05) is 11.8 Å². The molecule has 2 atom stereocenters. The number of rotatable bonds is 0. The molecular formula is C13H18O. The standard InChI is InChI=1S/C13H18O/c1-12-8-10-4-2-3-6-13(10,9-12)7-5-11(12)14/h8H,2-7,9H2,1H3/t12-,13-/m1/s1. The topological polar surface area (TPSA) is 17.1 Å². The Labute approximate surface area is 85.6 Å². The van der Waals surface area contributed by atoms with Crippen molar-refractivity contribution in [2.45, 2.75) is 51.9 Å². The molecule has 2 saturated carbocycles. The Kier molecular flexibility index (Phi) is 1.55. The number of allylic oxidation sites excluding steroid dienone is 2. The molecule has 2 fully saturated rings. The van der Waals surface area contributed by atoms with Gasteiger partial charge in [-0.05, 0) is 44.4 Å². The van der Waals surface area contributed by atoms with Gasteiger partial charge in [-0.1, -0.05) is 18.1 Å². The molecule has 3 aliphatic carbocycles. The van der Waals surface area contributed by atoms with Crippen LogP contribution in [0, 0.1) is 10.8 Å². The summed E-state index contributed by atoms with van der Waals surface area (Å²) in [5.74, 6) is 0.491. The van der Waals surface area contributed by atoms with E-state index in [1.54, 1.807) is 5.57 Å². The van der Waals surface area contributed by atoms with Gasteiger partial charge in [-0.3, -0.25) is 4.79 Å². The molecule has 1 spiro atoms. The first-order valence-electron chi connectivity index (χ1n) is 5.90. The molecule has 76 valence electrons. The summed E-state index contributed by atoms with van der Waals surface area (Å²) >= 11 is 0. The Morgan fingerprint density at radius 2 is 2.07 bits per heavy atom. The van der Waals surface area contributed by atoms with Crippen LogP contribution in [0.4, 0.5) is 0 Å². The predicted molar refractivity (Wildman–Crippen MR) is 55.9 cm³/mol. The van der Waals surface area contributed by atoms with Crippen molar-refractivity contribution in [1.29, 1.82) is 0 Å². The third-order valence-electron chi connectivity index (χ3n) is 4.70. The van der Waals surface area contributed by atoms with Crippen molar-refractivity contribution >= 4 is 5.78 Å². The summed E-state index contributed by atoms with van der Waals surface area (Å²) < 4.78 is 0. The Morgan fingerprint density at radius 1 is 1.21 bits per heavy atom. The van der Waals surface area contributed by atoms with Crippen LogP contribution in [0.15, 0.2) is 11.6 Å². The molecule has 0 aromatic heterocycles. The Balaban J connectivity index is 2.06. The second-order valence-corrected chi connectivity index (χ2v) is 5.67. The number of Topliss-reactive ketones (excluding diaryl/α,β-unsaturated/α-hetero) is 1. The van der Waals surface area contributed by atoms with Gasteiger partial charge in [0.05, 0.1) is 0 Å². The highest BCUT2D eigenvalue weighted by atomic mass is 16.1. The van der Waals surface area contributed by atoms with Crippen LogP contribution in [0.1, 0.15) is 51.9 Å². The fraction of sp³-hybridized carbons (Fsp3) is 0.769. The molecular weight excluding hydrogens is 172 g/mol. The number of carbonyl (C=O) groups excluding carboxylic acids is 1. The van der Waals surface area contributed by atoms with Gasteiger partial charge in [0.2, 0.25) is 0 Å². The molecule has 2 bridgehead atoms. The van der Waals surface area contributed by atoms with Crippen LogP contribution in [-0.2, 0) is 4.79 Å². The maximum absolute atomic E-state index is 11.9. The zero-order valence-electron chi connectivity index (χ0n) is 8.94. The first-order valence-corrected chi connectivity index (χ1v) is 5.90. The normalized spacial score (nSPS) is 46.1. The van der Waals surface area contributed by atoms with Gasteiger partial charge in [-0.25, -0.2) is 0 Å². The molecule has 3 aliphatic rings. The molecule has 0 aliphatic heterocycles. The van der Waals surface area contributed by atoms with E-state index in [0.29, 0.717) is 11.2 Å². The van der Waals surface area contributed by atoms with E-state index in [0.717, 1.165) is 19.3 Å². The maximum atomic E-state index is 11.9. The molecule has 0 heterocycles. The minimum Gasteiger partial charge on any atom is -0.299 e. The molecule has 0 radical (unpaired) electrons. The second kappa shape index (κ2) is 2.50. The van der Waals surface area contributed by atoms with Crippen LogP contribution in [0.5, 0.6) is 0 Å². The fourth-order valence-electron chi connectivity index (χ4n) is 3.96. The van der Waals surface area contributed by atoms with Gasteiger partial charge in [0.15, 0.2) is 0 Å². The highest BCUT2D eigenvalue weighted by Crippen LogP contribution is 2.60. The predicted octanol–water partition coefficient (Wildman–Crippen LogP) is 3.25. The fourth-order valence-corrected chi connectivity index (χ4v) is 3.96. The molecule has 0 unspecified atom stereocenters. The van der Waals surface area contributed by atoms with Crippen LogP contribution in [0.25, 0.3) is 0 Å². The molecule has 1 nitrogen and oxygen atoms in total. The molecule has 0 aromatic rings. The van der Waals surface area contributed by atoms with E-state index in [2.05, 4.69) is 13.0 Å². The van der Waals surface area contributed by atoms with Crippen molar-refractivity contribution in [2.24, 2.45) is 10.8 Å². The van der Waals surface area contributed by atoms with Crippen molar-refractivity contribution in [3.8, 4) is 0 Å². The van der Waals surface area contributed by atoms with E-state index in [4.69, 9.17) is 0 Å². The lowest BCUT2D eigenvalue weighted by molar-refractivity contribution is -0.129. The van der Waals surface area contributed by atoms with Crippen LogP contribution in [0.3, 0.4) is 0 Å². The first kappa shape index (κ1) is 8.70. The highest BCUT2D eigenvalue weighted by Gasteiger charge is 2.53. The van der Waals surface area contributed by atoms with Crippen molar-refractivity contribution in [2.75, 3.05) is 0 Å². The Morgan fingerprint density at radius 3 is 2.93 bits per heavy atom. The van der Waals surface area contributed by atoms with E-state index in [1.165, 1.54) is 25.7 Å². The second-order valence-electron chi connectivity index (χ2n) is 5.67. The van der Waals surface area contributed by atoms with E-state index < -0.39 is 0 Å². The summed E-state index contributed by atoms with van der Waals surface area (Å²) in [5.41, 5.74) is 2.04. The smallest absolute Gasteiger partial charge is 0.142 e. The third-order valence-corrected chi connectivity index (χ3v) is 4.70. The lowest BCUT2D eigenvalue weighted by Crippen LogP contribution is -2.36. The summed E-state index contributed by atoms with van der Waals surface area (Å²) in [6.07, 6.45) is 10.8. The molecule has 0 aromatic carbocycles. The van der Waals surface area contributed by atoms with Gasteiger partial charge in [0.25, 0.3) is 0 Å². The minimum atomic E-state index is -0.0715. The van der Waals surface area contributed by atoms with E-state index >= 15 is 0 Å². The molecule has 0 amide bonds.